The zero-order valence-corrected chi connectivity index (χ0v) is 11.9. The lowest BCUT2D eigenvalue weighted by Crippen LogP contribution is -2.19. The van der Waals surface area contributed by atoms with Crippen LogP contribution in [0.3, 0.4) is 0 Å². The lowest BCUT2D eigenvalue weighted by Gasteiger charge is -2.17. The third kappa shape index (κ3) is 4.69. The van der Waals surface area contributed by atoms with E-state index in [1.165, 1.54) is 25.3 Å². The Bertz CT molecular complexity index is 185. The molecule has 0 aromatic carbocycles. The van der Waals surface area contributed by atoms with Gasteiger partial charge < -0.3 is 5.11 Å². The second-order valence-corrected chi connectivity index (χ2v) is 12.1. The molecule has 0 radical (unpaired) electrons. The van der Waals surface area contributed by atoms with Gasteiger partial charge in [-0.2, -0.15) is 0 Å². The normalized spacial score (nSPS) is 32.2. The summed E-state index contributed by atoms with van der Waals surface area (Å²) in [6.45, 7) is 9.56. The first-order valence-corrected chi connectivity index (χ1v) is 10.3. The first kappa shape index (κ1) is 13.2. The van der Waals surface area contributed by atoms with E-state index in [0.717, 1.165) is 18.8 Å². The quantitative estimate of drug-likeness (QED) is 0.708. The van der Waals surface area contributed by atoms with Gasteiger partial charge in [0, 0.05) is 8.07 Å². The first-order valence-electron chi connectivity index (χ1n) is 6.60. The predicted octanol–water partition coefficient (Wildman–Crippen LogP) is 3.90. The van der Waals surface area contributed by atoms with Gasteiger partial charge in [-0.3, -0.25) is 0 Å². The van der Waals surface area contributed by atoms with Crippen molar-refractivity contribution in [2.75, 3.05) is 0 Å². The highest BCUT2D eigenvalue weighted by atomic mass is 28.3. The van der Waals surface area contributed by atoms with Gasteiger partial charge in [-0.1, -0.05) is 51.9 Å². The number of rotatable bonds is 5. The Morgan fingerprint density at radius 2 is 1.87 bits per heavy atom. The Morgan fingerprint density at radius 3 is 2.33 bits per heavy atom. The van der Waals surface area contributed by atoms with Gasteiger partial charge in [-0.05, 0) is 24.7 Å². The molecule has 0 unspecified atom stereocenters. The van der Waals surface area contributed by atoms with Gasteiger partial charge in [0.05, 0.1) is 6.10 Å². The molecule has 0 bridgehead atoms. The molecule has 1 saturated carbocycles. The van der Waals surface area contributed by atoms with Crippen molar-refractivity contribution in [3.05, 3.63) is 0 Å². The minimum Gasteiger partial charge on any atom is -0.393 e. The topological polar surface area (TPSA) is 20.2 Å². The van der Waals surface area contributed by atoms with E-state index in [-0.39, 0.29) is 6.10 Å². The van der Waals surface area contributed by atoms with Crippen LogP contribution in [0.4, 0.5) is 0 Å². The minimum atomic E-state index is -0.834. The maximum Gasteiger partial charge on any atom is 0.0571 e. The second kappa shape index (κ2) is 5.49. The van der Waals surface area contributed by atoms with E-state index in [1.54, 1.807) is 0 Å². The molecule has 0 aliphatic heterocycles. The number of aliphatic hydroxyl groups is 1. The number of hydrogen-bond acceptors (Lipinski definition) is 1. The fraction of sp³-hybridized carbons (Fsp3) is 1.00. The van der Waals surface area contributed by atoms with Crippen LogP contribution in [-0.2, 0) is 0 Å². The smallest absolute Gasteiger partial charge is 0.0571 e. The van der Waals surface area contributed by atoms with Crippen molar-refractivity contribution < 1.29 is 5.11 Å². The Labute approximate surface area is 96.3 Å². The Hall–Kier alpha value is 0.177. The lowest BCUT2D eigenvalue weighted by molar-refractivity contribution is 0.129. The molecule has 2 heteroatoms. The highest BCUT2D eigenvalue weighted by molar-refractivity contribution is 6.76. The molecule has 0 spiro atoms. The lowest BCUT2D eigenvalue weighted by atomic mass is 9.99. The van der Waals surface area contributed by atoms with E-state index in [2.05, 4.69) is 26.6 Å². The summed E-state index contributed by atoms with van der Waals surface area (Å²) in [4.78, 5) is 0. The van der Waals surface area contributed by atoms with Gasteiger partial charge in [0.2, 0.25) is 0 Å². The third-order valence-electron chi connectivity index (χ3n) is 3.82. The average molecular weight is 228 g/mol. The second-order valence-electron chi connectivity index (χ2n) is 6.53. The summed E-state index contributed by atoms with van der Waals surface area (Å²) in [5.74, 6) is 1.42. The van der Waals surface area contributed by atoms with Crippen LogP contribution in [0.25, 0.3) is 0 Å². The molecule has 1 aliphatic carbocycles. The highest BCUT2D eigenvalue weighted by Gasteiger charge is 2.31. The van der Waals surface area contributed by atoms with E-state index in [1.807, 2.05) is 0 Å². The number of hydrogen-bond donors (Lipinski definition) is 1. The summed E-state index contributed by atoms with van der Waals surface area (Å²) >= 11 is 0. The molecule has 3 atom stereocenters. The molecular formula is C13H28OSi. The van der Waals surface area contributed by atoms with E-state index < -0.39 is 8.07 Å². The molecule has 90 valence electrons. The summed E-state index contributed by atoms with van der Waals surface area (Å²) in [7, 11) is -0.834. The molecule has 1 N–H and O–H groups in total. The van der Waals surface area contributed by atoms with Crippen LogP contribution in [0.2, 0.25) is 25.7 Å². The van der Waals surface area contributed by atoms with E-state index in [0.29, 0.717) is 5.92 Å². The van der Waals surface area contributed by atoms with Crippen LogP contribution >= 0.6 is 0 Å². The average Bonchev–Trinajstić information content (AvgIpc) is 2.44. The Morgan fingerprint density at radius 1 is 1.20 bits per heavy atom. The molecule has 1 nitrogen and oxygen atoms in total. The van der Waals surface area contributed by atoms with E-state index >= 15 is 0 Å². The maximum absolute atomic E-state index is 9.83. The van der Waals surface area contributed by atoms with Crippen LogP contribution < -0.4 is 0 Å². The molecule has 0 saturated heterocycles. The fourth-order valence-electron chi connectivity index (χ4n) is 2.81. The van der Waals surface area contributed by atoms with Crippen molar-refractivity contribution in [3.63, 3.8) is 0 Å². The molecule has 1 fully saturated rings. The zero-order valence-electron chi connectivity index (χ0n) is 10.9. The number of aliphatic hydroxyl groups excluding tert-OH is 1. The van der Waals surface area contributed by atoms with Crippen LogP contribution in [0.15, 0.2) is 0 Å². The molecule has 0 amide bonds. The Kier molecular flexibility index (Phi) is 4.85. The van der Waals surface area contributed by atoms with Crippen molar-refractivity contribution in [2.24, 2.45) is 11.8 Å². The monoisotopic (exact) mass is 228 g/mol. The SMILES string of the molecule is CC[C@H]1C[C@@H](CCC[Si](C)(C)C)C[C@H]1O. The maximum atomic E-state index is 9.83. The minimum absolute atomic E-state index is 0.00637. The van der Waals surface area contributed by atoms with E-state index in [9.17, 15) is 5.11 Å². The van der Waals surface area contributed by atoms with Crippen LogP contribution in [0.5, 0.6) is 0 Å². The highest BCUT2D eigenvalue weighted by Crippen LogP contribution is 2.36. The molecule has 1 aliphatic rings. The molecule has 0 heterocycles. The van der Waals surface area contributed by atoms with Gasteiger partial charge >= 0.3 is 0 Å². The first-order chi connectivity index (χ1) is 6.92. The van der Waals surface area contributed by atoms with Crippen LogP contribution in [0.1, 0.15) is 39.0 Å². The summed E-state index contributed by atoms with van der Waals surface area (Å²) in [6, 6.07) is 1.45. The molecule has 0 aromatic rings. The van der Waals surface area contributed by atoms with Gasteiger partial charge in [0.25, 0.3) is 0 Å². The van der Waals surface area contributed by atoms with Gasteiger partial charge in [-0.15, -0.1) is 0 Å². The van der Waals surface area contributed by atoms with E-state index in [4.69, 9.17) is 0 Å². The predicted molar refractivity (Wildman–Crippen MR) is 69.9 cm³/mol. The third-order valence-corrected chi connectivity index (χ3v) is 5.67. The van der Waals surface area contributed by atoms with Crippen molar-refractivity contribution in [3.8, 4) is 0 Å². The summed E-state index contributed by atoms with van der Waals surface area (Å²) in [5, 5.41) is 9.83. The van der Waals surface area contributed by atoms with Gasteiger partial charge in [0.15, 0.2) is 0 Å². The summed E-state index contributed by atoms with van der Waals surface area (Å²) < 4.78 is 0. The molecule has 15 heavy (non-hydrogen) atoms. The summed E-state index contributed by atoms with van der Waals surface area (Å²) in [6.07, 6.45) is 6.27. The van der Waals surface area contributed by atoms with Gasteiger partial charge in [0.1, 0.15) is 0 Å². The van der Waals surface area contributed by atoms with Crippen molar-refractivity contribution in [1.82, 2.24) is 0 Å². The molecule has 1 rings (SSSR count). The van der Waals surface area contributed by atoms with Gasteiger partial charge in [-0.25, -0.2) is 0 Å². The van der Waals surface area contributed by atoms with Crippen molar-refractivity contribution >= 4 is 8.07 Å². The van der Waals surface area contributed by atoms with Crippen molar-refractivity contribution in [1.29, 1.82) is 0 Å². The van der Waals surface area contributed by atoms with Crippen LogP contribution in [-0.4, -0.2) is 19.3 Å². The zero-order chi connectivity index (χ0) is 11.5. The Balaban J connectivity index is 2.19. The fourth-order valence-corrected chi connectivity index (χ4v) is 4.08. The van der Waals surface area contributed by atoms with Crippen molar-refractivity contribution in [2.45, 2.75) is 70.8 Å². The van der Waals surface area contributed by atoms with Crippen LogP contribution in [0, 0.1) is 11.8 Å². The standard InChI is InChI=1S/C13H28OSi/c1-5-12-9-11(10-13(12)14)7-6-8-15(2,3)4/h11-14H,5-10H2,1-4H3/t11-,12+,13-/m1/s1. The summed E-state index contributed by atoms with van der Waals surface area (Å²) in [5.41, 5.74) is 0. The largest absolute Gasteiger partial charge is 0.393 e. The molecular weight excluding hydrogens is 200 g/mol. The molecule has 0 aromatic heterocycles.